The first kappa shape index (κ1) is 13.8. The Kier molecular flexibility index (Phi) is 4.74. The minimum Gasteiger partial charge on any atom is -0.370 e. The molecule has 2 N–H and O–H groups in total. The van der Waals surface area contributed by atoms with Gasteiger partial charge in [-0.1, -0.05) is 28.1 Å². The van der Waals surface area contributed by atoms with Crippen LogP contribution in [0.3, 0.4) is 0 Å². The van der Waals surface area contributed by atoms with E-state index < -0.39 is 0 Å². The number of rotatable bonds is 5. The first-order valence-electron chi connectivity index (χ1n) is 6.25. The summed E-state index contributed by atoms with van der Waals surface area (Å²) in [6.45, 7) is 5.54. The van der Waals surface area contributed by atoms with Gasteiger partial charge >= 0.3 is 0 Å². The van der Waals surface area contributed by atoms with Crippen LogP contribution in [0.15, 0.2) is 34.8 Å². The first-order chi connectivity index (χ1) is 9.17. The number of anilines is 2. The third-order valence-electron chi connectivity index (χ3n) is 2.58. The molecule has 0 atom stereocenters. The minimum absolute atomic E-state index is 0.745. The Morgan fingerprint density at radius 2 is 1.68 bits per heavy atom. The van der Waals surface area contributed by atoms with Crippen molar-refractivity contribution in [2.75, 3.05) is 17.2 Å². The Morgan fingerprint density at radius 3 is 2.32 bits per heavy atom. The zero-order chi connectivity index (χ0) is 13.7. The van der Waals surface area contributed by atoms with E-state index in [0.29, 0.717) is 0 Å². The monoisotopic (exact) mass is 320 g/mol. The molecule has 0 aliphatic carbocycles. The molecule has 1 aromatic carbocycles. The summed E-state index contributed by atoms with van der Waals surface area (Å²) < 4.78 is 1.09. The van der Waals surface area contributed by atoms with Crippen LogP contribution < -0.4 is 10.6 Å². The Labute approximate surface area is 121 Å². The van der Waals surface area contributed by atoms with E-state index in [2.05, 4.69) is 48.7 Å². The standard InChI is InChI=1S/C14H17BrN4/c1-3-16-13-8-14(19-10(2)18-13)17-9-11-4-6-12(15)7-5-11/h4-8H,3,9H2,1-2H3,(H2,16,17,18,19). The summed E-state index contributed by atoms with van der Waals surface area (Å²) in [6, 6.07) is 10.2. The summed E-state index contributed by atoms with van der Waals surface area (Å²) in [5.41, 5.74) is 1.21. The van der Waals surface area contributed by atoms with Gasteiger partial charge in [-0.3, -0.25) is 0 Å². The maximum absolute atomic E-state index is 4.38. The number of aryl methyl sites for hydroxylation is 1. The summed E-state index contributed by atoms with van der Waals surface area (Å²) in [6.07, 6.45) is 0. The molecule has 2 rings (SSSR count). The number of benzene rings is 1. The van der Waals surface area contributed by atoms with E-state index >= 15 is 0 Å². The van der Waals surface area contributed by atoms with E-state index in [1.54, 1.807) is 0 Å². The number of hydrogen-bond acceptors (Lipinski definition) is 4. The van der Waals surface area contributed by atoms with E-state index in [1.807, 2.05) is 32.0 Å². The molecule has 0 saturated heterocycles. The van der Waals surface area contributed by atoms with Gasteiger partial charge in [-0.2, -0.15) is 0 Å². The van der Waals surface area contributed by atoms with Gasteiger partial charge in [0.2, 0.25) is 0 Å². The fourth-order valence-electron chi connectivity index (χ4n) is 1.72. The van der Waals surface area contributed by atoms with Gasteiger partial charge < -0.3 is 10.6 Å². The molecule has 100 valence electrons. The Balaban J connectivity index is 2.04. The van der Waals surface area contributed by atoms with Gasteiger partial charge in [-0.25, -0.2) is 9.97 Å². The topological polar surface area (TPSA) is 49.8 Å². The van der Waals surface area contributed by atoms with E-state index in [0.717, 1.165) is 35.0 Å². The van der Waals surface area contributed by atoms with Gasteiger partial charge in [-0.15, -0.1) is 0 Å². The molecule has 0 fully saturated rings. The Morgan fingerprint density at radius 1 is 1.05 bits per heavy atom. The molecule has 0 bridgehead atoms. The predicted octanol–water partition coefficient (Wildman–Crippen LogP) is 3.59. The molecular formula is C14H17BrN4. The second-order valence-corrected chi connectivity index (χ2v) is 5.11. The fraction of sp³-hybridized carbons (Fsp3) is 0.286. The van der Waals surface area contributed by atoms with Crippen LogP contribution in [0.2, 0.25) is 0 Å². The van der Waals surface area contributed by atoms with Crippen LogP contribution in [-0.2, 0) is 6.54 Å². The van der Waals surface area contributed by atoms with Crippen LogP contribution >= 0.6 is 15.9 Å². The lowest BCUT2D eigenvalue weighted by Gasteiger charge is -2.09. The molecule has 0 radical (unpaired) electrons. The van der Waals surface area contributed by atoms with Gasteiger partial charge in [-0.05, 0) is 31.5 Å². The largest absolute Gasteiger partial charge is 0.370 e. The van der Waals surface area contributed by atoms with E-state index in [-0.39, 0.29) is 0 Å². The zero-order valence-corrected chi connectivity index (χ0v) is 12.7. The van der Waals surface area contributed by atoms with Gasteiger partial charge in [0, 0.05) is 23.6 Å². The molecule has 0 spiro atoms. The molecule has 0 amide bonds. The van der Waals surface area contributed by atoms with Crippen molar-refractivity contribution in [3.8, 4) is 0 Å². The third-order valence-corrected chi connectivity index (χ3v) is 3.11. The Hall–Kier alpha value is -1.62. The quantitative estimate of drug-likeness (QED) is 0.883. The molecule has 5 heteroatoms. The lowest BCUT2D eigenvalue weighted by Crippen LogP contribution is -2.06. The highest BCUT2D eigenvalue weighted by Gasteiger charge is 2.01. The van der Waals surface area contributed by atoms with Crippen LogP contribution in [-0.4, -0.2) is 16.5 Å². The molecule has 0 unspecified atom stereocenters. The normalized spacial score (nSPS) is 10.3. The van der Waals surface area contributed by atoms with Crippen LogP contribution in [0.25, 0.3) is 0 Å². The molecule has 1 heterocycles. The van der Waals surface area contributed by atoms with E-state index in [4.69, 9.17) is 0 Å². The average molecular weight is 321 g/mol. The van der Waals surface area contributed by atoms with Crippen molar-refractivity contribution in [2.24, 2.45) is 0 Å². The van der Waals surface area contributed by atoms with Crippen molar-refractivity contribution in [2.45, 2.75) is 20.4 Å². The zero-order valence-electron chi connectivity index (χ0n) is 11.1. The smallest absolute Gasteiger partial charge is 0.132 e. The molecule has 4 nitrogen and oxygen atoms in total. The van der Waals surface area contributed by atoms with Gasteiger partial charge in [0.15, 0.2) is 0 Å². The van der Waals surface area contributed by atoms with Gasteiger partial charge in [0.1, 0.15) is 17.5 Å². The highest BCUT2D eigenvalue weighted by molar-refractivity contribution is 9.10. The summed E-state index contributed by atoms with van der Waals surface area (Å²) in [5.74, 6) is 2.46. The lowest BCUT2D eigenvalue weighted by atomic mass is 10.2. The van der Waals surface area contributed by atoms with E-state index in [9.17, 15) is 0 Å². The van der Waals surface area contributed by atoms with Crippen LogP contribution in [0.1, 0.15) is 18.3 Å². The summed E-state index contributed by atoms with van der Waals surface area (Å²) in [4.78, 5) is 8.70. The van der Waals surface area contributed by atoms with Crippen LogP contribution in [0, 0.1) is 6.92 Å². The molecule has 19 heavy (non-hydrogen) atoms. The van der Waals surface area contributed by atoms with Crippen molar-refractivity contribution in [1.82, 2.24) is 9.97 Å². The third kappa shape index (κ3) is 4.21. The maximum Gasteiger partial charge on any atom is 0.132 e. The number of hydrogen-bond donors (Lipinski definition) is 2. The summed E-state index contributed by atoms with van der Waals surface area (Å²) in [7, 11) is 0. The number of nitrogens with zero attached hydrogens (tertiary/aromatic N) is 2. The summed E-state index contributed by atoms with van der Waals surface area (Å²) in [5, 5.41) is 6.51. The van der Waals surface area contributed by atoms with Crippen molar-refractivity contribution >= 4 is 27.6 Å². The molecule has 0 saturated carbocycles. The number of halogens is 1. The van der Waals surface area contributed by atoms with Gasteiger partial charge in [0.05, 0.1) is 0 Å². The van der Waals surface area contributed by atoms with Crippen molar-refractivity contribution in [3.63, 3.8) is 0 Å². The van der Waals surface area contributed by atoms with Crippen molar-refractivity contribution < 1.29 is 0 Å². The van der Waals surface area contributed by atoms with Gasteiger partial charge in [0.25, 0.3) is 0 Å². The second-order valence-electron chi connectivity index (χ2n) is 4.20. The molecule has 1 aromatic heterocycles. The van der Waals surface area contributed by atoms with Crippen LogP contribution in [0.5, 0.6) is 0 Å². The fourth-order valence-corrected chi connectivity index (χ4v) is 1.99. The first-order valence-corrected chi connectivity index (χ1v) is 7.04. The summed E-state index contributed by atoms with van der Waals surface area (Å²) >= 11 is 3.43. The Bertz CT molecular complexity index is 540. The van der Waals surface area contributed by atoms with Crippen LogP contribution in [0.4, 0.5) is 11.6 Å². The lowest BCUT2D eigenvalue weighted by molar-refractivity contribution is 1.01. The molecule has 2 aromatic rings. The average Bonchev–Trinajstić information content (AvgIpc) is 2.38. The SMILES string of the molecule is CCNc1cc(NCc2ccc(Br)cc2)nc(C)n1. The highest BCUT2D eigenvalue weighted by Crippen LogP contribution is 2.14. The molecular weight excluding hydrogens is 304 g/mol. The van der Waals surface area contributed by atoms with Crippen molar-refractivity contribution in [3.05, 3.63) is 46.2 Å². The minimum atomic E-state index is 0.745. The number of aromatic nitrogens is 2. The van der Waals surface area contributed by atoms with E-state index in [1.165, 1.54) is 5.56 Å². The molecule has 0 aliphatic rings. The predicted molar refractivity (Wildman–Crippen MR) is 82.4 cm³/mol. The highest BCUT2D eigenvalue weighted by atomic mass is 79.9. The number of nitrogens with one attached hydrogen (secondary N) is 2. The van der Waals surface area contributed by atoms with Crippen molar-refractivity contribution in [1.29, 1.82) is 0 Å². The maximum atomic E-state index is 4.38. The second kappa shape index (κ2) is 6.52. The molecule has 0 aliphatic heterocycles.